The van der Waals surface area contributed by atoms with E-state index >= 15 is 0 Å². The lowest BCUT2D eigenvalue weighted by Gasteiger charge is -2.13. The van der Waals surface area contributed by atoms with Gasteiger partial charge in [0.15, 0.2) is 0 Å². The Kier molecular flexibility index (Phi) is 6.01. The number of nitrogens with one attached hydrogen (secondary N) is 2. The molecule has 3 rings (SSSR count). The summed E-state index contributed by atoms with van der Waals surface area (Å²) < 4.78 is 0. The first kappa shape index (κ1) is 19.1. The molecule has 6 heteroatoms. The highest BCUT2D eigenvalue weighted by Crippen LogP contribution is 2.17. The van der Waals surface area contributed by atoms with Crippen LogP contribution in [0.5, 0.6) is 0 Å². The van der Waals surface area contributed by atoms with Crippen LogP contribution >= 0.6 is 0 Å². The number of benzene rings is 2. The van der Waals surface area contributed by atoms with Gasteiger partial charge in [-0.05, 0) is 54.1 Å². The van der Waals surface area contributed by atoms with Crippen molar-refractivity contribution in [3.05, 3.63) is 89.7 Å². The van der Waals surface area contributed by atoms with E-state index in [1.807, 2.05) is 55.4 Å². The third kappa shape index (κ3) is 4.94. The third-order valence-electron chi connectivity index (χ3n) is 4.20. The molecule has 2 N–H and O–H groups in total. The maximum atomic E-state index is 12.5. The lowest BCUT2D eigenvalue weighted by molar-refractivity contribution is 0.0951. The first-order valence-electron chi connectivity index (χ1n) is 8.89. The minimum atomic E-state index is -0.264. The van der Waals surface area contributed by atoms with Gasteiger partial charge >= 0.3 is 0 Å². The Morgan fingerprint density at radius 3 is 2.29 bits per heavy atom. The van der Waals surface area contributed by atoms with E-state index in [4.69, 9.17) is 0 Å². The summed E-state index contributed by atoms with van der Waals surface area (Å²) in [5.74, 6) is -0.506. The highest BCUT2D eigenvalue weighted by atomic mass is 16.2. The van der Waals surface area contributed by atoms with Crippen molar-refractivity contribution in [2.45, 2.75) is 6.54 Å². The van der Waals surface area contributed by atoms with E-state index in [0.29, 0.717) is 23.4 Å². The van der Waals surface area contributed by atoms with Crippen LogP contribution in [0.1, 0.15) is 26.3 Å². The van der Waals surface area contributed by atoms with Crippen LogP contribution in [0, 0.1) is 0 Å². The fraction of sp³-hybridized carbons (Fsp3) is 0.136. The van der Waals surface area contributed by atoms with Crippen molar-refractivity contribution < 1.29 is 9.59 Å². The molecule has 142 valence electrons. The van der Waals surface area contributed by atoms with Gasteiger partial charge in [0.25, 0.3) is 11.8 Å². The van der Waals surface area contributed by atoms with Crippen LogP contribution in [0.3, 0.4) is 0 Å². The Bertz CT molecular complexity index is 954. The van der Waals surface area contributed by atoms with Crippen LogP contribution in [-0.2, 0) is 6.54 Å². The number of nitrogens with zero attached hydrogens (tertiary/aromatic N) is 2. The molecule has 0 spiro atoms. The van der Waals surface area contributed by atoms with E-state index in [-0.39, 0.29) is 11.8 Å². The van der Waals surface area contributed by atoms with Gasteiger partial charge in [0.2, 0.25) is 0 Å². The molecule has 0 saturated heterocycles. The first-order valence-corrected chi connectivity index (χ1v) is 8.89. The second kappa shape index (κ2) is 8.81. The molecule has 0 aliphatic carbocycles. The predicted octanol–water partition coefficient (Wildman–Crippen LogP) is 3.33. The average Bonchev–Trinajstić information content (AvgIpc) is 2.73. The Balaban J connectivity index is 1.64. The van der Waals surface area contributed by atoms with E-state index in [0.717, 1.165) is 11.3 Å². The second-order valence-electron chi connectivity index (χ2n) is 6.52. The predicted molar refractivity (Wildman–Crippen MR) is 111 cm³/mol. The van der Waals surface area contributed by atoms with E-state index in [2.05, 4.69) is 15.6 Å². The van der Waals surface area contributed by atoms with E-state index in [1.165, 1.54) is 0 Å². The van der Waals surface area contributed by atoms with Gasteiger partial charge in [0, 0.05) is 55.5 Å². The van der Waals surface area contributed by atoms with Gasteiger partial charge in [0.05, 0.1) is 0 Å². The van der Waals surface area contributed by atoms with Gasteiger partial charge in [0.1, 0.15) is 0 Å². The van der Waals surface area contributed by atoms with Crippen molar-refractivity contribution in [3.63, 3.8) is 0 Å². The van der Waals surface area contributed by atoms with Crippen molar-refractivity contribution in [2.75, 3.05) is 24.3 Å². The van der Waals surface area contributed by atoms with Crippen molar-refractivity contribution in [3.8, 4) is 0 Å². The average molecular weight is 374 g/mol. The van der Waals surface area contributed by atoms with Crippen LogP contribution in [0.15, 0.2) is 73.1 Å². The van der Waals surface area contributed by atoms with E-state index in [1.54, 1.807) is 36.7 Å². The highest BCUT2D eigenvalue weighted by Gasteiger charge is 2.11. The van der Waals surface area contributed by atoms with Gasteiger partial charge in [-0.2, -0.15) is 0 Å². The summed E-state index contributed by atoms with van der Waals surface area (Å²) in [5.41, 5.74) is 3.50. The molecule has 0 radical (unpaired) electrons. The summed E-state index contributed by atoms with van der Waals surface area (Å²) in [6, 6.07) is 17.9. The number of amides is 2. The molecule has 0 bridgehead atoms. The first-order chi connectivity index (χ1) is 13.5. The Morgan fingerprint density at radius 2 is 1.64 bits per heavy atom. The molecule has 1 aromatic heterocycles. The van der Waals surface area contributed by atoms with Crippen molar-refractivity contribution in [2.24, 2.45) is 0 Å². The SMILES string of the molecule is CN(C)c1ccc(NC(=O)c2cccc(C(=O)NCc3cccnc3)c2)cc1. The summed E-state index contributed by atoms with van der Waals surface area (Å²) in [7, 11) is 3.91. The largest absolute Gasteiger partial charge is 0.378 e. The maximum Gasteiger partial charge on any atom is 0.255 e. The van der Waals surface area contributed by atoms with Gasteiger partial charge in [-0.25, -0.2) is 0 Å². The van der Waals surface area contributed by atoms with Crippen LogP contribution in [0.4, 0.5) is 11.4 Å². The number of hydrogen-bond acceptors (Lipinski definition) is 4. The molecule has 0 aliphatic rings. The van der Waals surface area contributed by atoms with Gasteiger partial charge in [-0.15, -0.1) is 0 Å². The zero-order valence-corrected chi connectivity index (χ0v) is 15.8. The second-order valence-corrected chi connectivity index (χ2v) is 6.52. The van der Waals surface area contributed by atoms with Crippen LogP contribution in [0.2, 0.25) is 0 Å². The fourth-order valence-electron chi connectivity index (χ4n) is 2.63. The quantitative estimate of drug-likeness (QED) is 0.694. The summed E-state index contributed by atoms with van der Waals surface area (Å²) in [5, 5.41) is 5.68. The number of hydrogen-bond donors (Lipinski definition) is 2. The van der Waals surface area contributed by atoms with E-state index in [9.17, 15) is 9.59 Å². The van der Waals surface area contributed by atoms with Crippen molar-refractivity contribution in [1.29, 1.82) is 0 Å². The molecule has 2 aromatic carbocycles. The lowest BCUT2D eigenvalue weighted by Crippen LogP contribution is -2.23. The molecule has 3 aromatic rings. The van der Waals surface area contributed by atoms with E-state index < -0.39 is 0 Å². The molecule has 28 heavy (non-hydrogen) atoms. The van der Waals surface area contributed by atoms with Crippen molar-refractivity contribution in [1.82, 2.24) is 10.3 Å². The van der Waals surface area contributed by atoms with Gasteiger partial charge < -0.3 is 15.5 Å². The molecule has 2 amide bonds. The third-order valence-corrected chi connectivity index (χ3v) is 4.20. The molecule has 0 atom stereocenters. The lowest BCUT2D eigenvalue weighted by atomic mass is 10.1. The zero-order chi connectivity index (χ0) is 19.9. The highest BCUT2D eigenvalue weighted by molar-refractivity contribution is 6.06. The molecular formula is C22H22N4O2. The van der Waals surface area contributed by atoms with Gasteiger partial charge in [-0.1, -0.05) is 12.1 Å². The number of carbonyl (C=O) groups excluding carboxylic acids is 2. The molecular weight excluding hydrogens is 352 g/mol. The topological polar surface area (TPSA) is 74.3 Å². The molecule has 0 saturated carbocycles. The number of pyridine rings is 1. The fourth-order valence-corrected chi connectivity index (χ4v) is 2.63. The van der Waals surface area contributed by atoms with Crippen molar-refractivity contribution >= 4 is 23.2 Å². The molecule has 0 unspecified atom stereocenters. The summed E-state index contributed by atoms with van der Waals surface area (Å²) in [6.45, 7) is 0.376. The van der Waals surface area contributed by atoms with Crippen LogP contribution < -0.4 is 15.5 Å². The Hall–Kier alpha value is -3.67. The van der Waals surface area contributed by atoms with Crippen LogP contribution in [0.25, 0.3) is 0 Å². The molecule has 6 nitrogen and oxygen atoms in total. The zero-order valence-electron chi connectivity index (χ0n) is 15.8. The number of anilines is 2. The summed E-state index contributed by atoms with van der Waals surface area (Å²) >= 11 is 0. The Labute approximate surface area is 164 Å². The normalized spacial score (nSPS) is 10.2. The van der Waals surface area contributed by atoms with Crippen LogP contribution in [-0.4, -0.2) is 30.9 Å². The number of carbonyl (C=O) groups is 2. The smallest absolute Gasteiger partial charge is 0.255 e. The molecule has 0 fully saturated rings. The molecule has 0 aliphatic heterocycles. The summed E-state index contributed by atoms with van der Waals surface area (Å²) in [6.07, 6.45) is 3.38. The minimum absolute atomic E-state index is 0.242. The number of rotatable bonds is 6. The summed E-state index contributed by atoms with van der Waals surface area (Å²) in [4.78, 5) is 30.9. The minimum Gasteiger partial charge on any atom is -0.378 e. The molecule has 1 heterocycles. The number of aromatic nitrogens is 1. The standard InChI is InChI=1S/C22H22N4O2/c1-26(2)20-10-8-19(9-11-20)25-22(28)18-7-3-6-17(13-18)21(27)24-15-16-5-4-12-23-14-16/h3-14H,15H2,1-2H3,(H,24,27)(H,25,28). The Morgan fingerprint density at radius 1 is 0.929 bits per heavy atom. The van der Waals surface area contributed by atoms with Gasteiger partial charge in [-0.3, -0.25) is 14.6 Å². The maximum absolute atomic E-state index is 12.5. The monoisotopic (exact) mass is 374 g/mol.